The number of hydrogen-bond acceptors (Lipinski definition) is 1. The van der Waals surface area contributed by atoms with Gasteiger partial charge in [0.2, 0.25) is 0 Å². The number of para-hydroxylation sites is 1. The maximum atomic E-state index is 6.10. The van der Waals surface area contributed by atoms with Crippen LogP contribution >= 0.6 is 11.6 Å². The van der Waals surface area contributed by atoms with Crippen molar-refractivity contribution in [3.63, 3.8) is 0 Å². The van der Waals surface area contributed by atoms with Crippen molar-refractivity contribution in [2.24, 2.45) is 0 Å². The molecule has 0 fully saturated rings. The predicted molar refractivity (Wildman–Crippen MR) is 73.8 cm³/mol. The highest BCUT2D eigenvalue weighted by atomic mass is 35.5. The van der Waals surface area contributed by atoms with Crippen LogP contribution in [-0.4, -0.2) is 6.54 Å². The van der Waals surface area contributed by atoms with Gasteiger partial charge in [0.05, 0.1) is 0 Å². The summed E-state index contributed by atoms with van der Waals surface area (Å²) in [5.74, 6) is 0. The van der Waals surface area contributed by atoms with E-state index in [2.05, 4.69) is 36.5 Å². The highest BCUT2D eigenvalue weighted by Gasteiger charge is 2.15. The second kappa shape index (κ2) is 4.08. The monoisotopic (exact) mass is 243 g/mol. The van der Waals surface area contributed by atoms with Gasteiger partial charge < -0.3 is 5.32 Å². The number of nitrogens with one attached hydrogen (secondary N) is 1. The Labute approximate surface area is 106 Å². The summed E-state index contributed by atoms with van der Waals surface area (Å²) in [5, 5.41) is 4.26. The number of fused-ring (bicyclic) bond motifs is 1. The van der Waals surface area contributed by atoms with Crippen molar-refractivity contribution in [3.05, 3.63) is 52.5 Å². The molecule has 0 amide bonds. The Morgan fingerprint density at radius 1 is 1.12 bits per heavy atom. The summed E-state index contributed by atoms with van der Waals surface area (Å²) in [5.41, 5.74) is 6.43. The van der Waals surface area contributed by atoms with Crippen LogP contribution in [0, 0.1) is 6.92 Å². The lowest BCUT2D eigenvalue weighted by Crippen LogP contribution is -1.94. The Kier molecular flexibility index (Phi) is 2.56. The standard InChI is InChI=1S/C15H14ClN/c1-10-5-6-12(16)9-14(10)13-4-2-3-11-7-8-17-15(11)13/h2-6,9,17H,7-8H2,1H3. The smallest absolute Gasteiger partial charge is 0.0453 e. The van der Waals surface area contributed by atoms with Crippen molar-refractivity contribution in [2.45, 2.75) is 13.3 Å². The molecule has 1 aliphatic rings. The third-order valence-electron chi connectivity index (χ3n) is 3.34. The van der Waals surface area contributed by atoms with Crippen LogP contribution in [0.4, 0.5) is 5.69 Å². The third-order valence-corrected chi connectivity index (χ3v) is 3.57. The largest absolute Gasteiger partial charge is 0.384 e. The van der Waals surface area contributed by atoms with Crippen LogP contribution in [-0.2, 0) is 6.42 Å². The summed E-state index contributed by atoms with van der Waals surface area (Å²) < 4.78 is 0. The van der Waals surface area contributed by atoms with Gasteiger partial charge in [0.1, 0.15) is 0 Å². The number of anilines is 1. The van der Waals surface area contributed by atoms with Crippen molar-refractivity contribution in [1.29, 1.82) is 0 Å². The Balaban J connectivity index is 2.22. The molecular formula is C15H14ClN. The molecule has 0 aromatic heterocycles. The Bertz CT molecular complexity index is 575. The van der Waals surface area contributed by atoms with E-state index >= 15 is 0 Å². The predicted octanol–water partition coefficient (Wildman–Crippen LogP) is 4.28. The van der Waals surface area contributed by atoms with Gasteiger partial charge in [-0.15, -0.1) is 0 Å². The normalized spacial score (nSPS) is 13.3. The molecule has 1 aliphatic heterocycles. The summed E-state index contributed by atoms with van der Waals surface area (Å²) in [6.07, 6.45) is 1.11. The molecule has 17 heavy (non-hydrogen) atoms. The van der Waals surface area contributed by atoms with Crippen molar-refractivity contribution in [2.75, 3.05) is 11.9 Å². The maximum Gasteiger partial charge on any atom is 0.0453 e. The van der Waals surface area contributed by atoms with Crippen LogP contribution in [0.2, 0.25) is 5.02 Å². The minimum atomic E-state index is 0.793. The second-order valence-electron chi connectivity index (χ2n) is 4.48. The first-order chi connectivity index (χ1) is 8.25. The molecule has 0 radical (unpaired) electrons. The van der Waals surface area contributed by atoms with Crippen LogP contribution in [0.3, 0.4) is 0 Å². The van der Waals surface area contributed by atoms with Crippen LogP contribution < -0.4 is 5.32 Å². The molecular weight excluding hydrogens is 230 g/mol. The van der Waals surface area contributed by atoms with Gasteiger partial charge in [0.25, 0.3) is 0 Å². The van der Waals surface area contributed by atoms with Crippen molar-refractivity contribution in [3.8, 4) is 11.1 Å². The van der Waals surface area contributed by atoms with Gasteiger partial charge in [-0.3, -0.25) is 0 Å². The highest BCUT2D eigenvalue weighted by molar-refractivity contribution is 6.30. The van der Waals surface area contributed by atoms with Gasteiger partial charge >= 0.3 is 0 Å². The summed E-state index contributed by atoms with van der Waals surface area (Å²) in [6, 6.07) is 12.5. The molecule has 2 heteroatoms. The van der Waals surface area contributed by atoms with Crippen molar-refractivity contribution < 1.29 is 0 Å². The molecule has 0 spiro atoms. The Hall–Kier alpha value is -1.47. The molecule has 1 N–H and O–H groups in total. The van der Waals surface area contributed by atoms with Crippen molar-refractivity contribution in [1.82, 2.24) is 0 Å². The number of rotatable bonds is 1. The summed E-state index contributed by atoms with van der Waals surface area (Å²) >= 11 is 6.10. The lowest BCUT2D eigenvalue weighted by Gasteiger charge is -2.12. The molecule has 1 nitrogen and oxygen atoms in total. The average Bonchev–Trinajstić information content (AvgIpc) is 2.80. The zero-order valence-corrected chi connectivity index (χ0v) is 10.5. The quantitative estimate of drug-likeness (QED) is 0.788. The minimum absolute atomic E-state index is 0.793. The fourth-order valence-electron chi connectivity index (χ4n) is 2.45. The molecule has 0 atom stereocenters. The number of hydrogen-bond donors (Lipinski definition) is 1. The molecule has 0 saturated heterocycles. The van der Waals surface area contributed by atoms with E-state index in [0.29, 0.717) is 0 Å². The van der Waals surface area contributed by atoms with E-state index in [-0.39, 0.29) is 0 Å². The topological polar surface area (TPSA) is 12.0 Å². The van der Waals surface area contributed by atoms with Crippen LogP contribution in [0.1, 0.15) is 11.1 Å². The molecule has 0 bridgehead atoms. The Morgan fingerprint density at radius 2 is 2.00 bits per heavy atom. The van der Waals surface area contributed by atoms with Crippen molar-refractivity contribution >= 4 is 17.3 Å². The van der Waals surface area contributed by atoms with Crippen LogP contribution in [0.25, 0.3) is 11.1 Å². The van der Waals surface area contributed by atoms with Gasteiger partial charge in [0.15, 0.2) is 0 Å². The maximum absolute atomic E-state index is 6.10. The molecule has 86 valence electrons. The zero-order chi connectivity index (χ0) is 11.8. The first-order valence-corrected chi connectivity index (χ1v) is 6.26. The molecule has 0 unspecified atom stereocenters. The molecule has 2 aromatic carbocycles. The first-order valence-electron chi connectivity index (χ1n) is 5.88. The van der Waals surface area contributed by atoms with Crippen LogP contribution in [0.15, 0.2) is 36.4 Å². The molecule has 0 aliphatic carbocycles. The van der Waals surface area contributed by atoms with Gasteiger partial charge in [-0.1, -0.05) is 35.9 Å². The highest BCUT2D eigenvalue weighted by Crippen LogP contribution is 2.36. The van der Waals surface area contributed by atoms with E-state index in [4.69, 9.17) is 11.6 Å². The van der Waals surface area contributed by atoms with Crippen LogP contribution in [0.5, 0.6) is 0 Å². The molecule has 1 heterocycles. The SMILES string of the molecule is Cc1ccc(Cl)cc1-c1cccc2c1NCC2. The van der Waals surface area contributed by atoms with E-state index in [9.17, 15) is 0 Å². The van der Waals surface area contributed by atoms with Gasteiger partial charge in [-0.2, -0.15) is 0 Å². The summed E-state index contributed by atoms with van der Waals surface area (Å²) in [6.45, 7) is 3.16. The Morgan fingerprint density at radius 3 is 2.88 bits per heavy atom. The summed E-state index contributed by atoms with van der Waals surface area (Å²) in [7, 11) is 0. The van der Waals surface area contributed by atoms with E-state index in [0.717, 1.165) is 18.0 Å². The van der Waals surface area contributed by atoms with E-state index in [1.807, 2.05) is 12.1 Å². The van der Waals surface area contributed by atoms with Gasteiger partial charge in [0, 0.05) is 22.8 Å². The third kappa shape index (κ3) is 1.81. The minimum Gasteiger partial charge on any atom is -0.384 e. The lowest BCUT2D eigenvalue weighted by atomic mass is 9.97. The van der Waals surface area contributed by atoms with Gasteiger partial charge in [-0.05, 0) is 42.2 Å². The first kappa shape index (κ1) is 10.7. The average molecular weight is 244 g/mol. The van der Waals surface area contributed by atoms with E-state index in [1.54, 1.807) is 0 Å². The molecule has 2 aromatic rings. The molecule has 0 saturated carbocycles. The fraction of sp³-hybridized carbons (Fsp3) is 0.200. The fourth-order valence-corrected chi connectivity index (χ4v) is 2.62. The lowest BCUT2D eigenvalue weighted by molar-refractivity contribution is 1.11. The number of benzene rings is 2. The van der Waals surface area contributed by atoms with E-state index < -0.39 is 0 Å². The number of aryl methyl sites for hydroxylation is 1. The van der Waals surface area contributed by atoms with Gasteiger partial charge in [-0.25, -0.2) is 0 Å². The number of halogens is 1. The molecule has 3 rings (SSSR count). The zero-order valence-electron chi connectivity index (χ0n) is 9.76. The summed E-state index contributed by atoms with van der Waals surface area (Å²) in [4.78, 5) is 0. The van der Waals surface area contributed by atoms with E-state index in [1.165, 1.54) is 27.9 Å². The second-order valence-corrected chi connectivity index (χ2v) is 4.91.